The van der Waals surface area contributed by atoms with Crippen LogP contribution in [-0.2, 0) is 0 Å². The first-order valence-electron chi connectivity index (χ1n) is 5.55. The predicted molar refractivity (Wildman–Crippen MR) is 60.2 cm³/mol. The third kappa shape index (κ3) is 1.54. The van der Waals surface area contributed by atoms with E-state index >= 15 is 0 Å². The van der Waals surface area contributed by atoms with E-state index in [1.165, 1.54) is 12.1 Å². The van der Waals surface area contributed by atoms with Crippen LogP contribution >= 0.6 is 0 Å². The number of aryl methyl sites for hydroxylation is 1. The zero-order valence-corrected chi connectivity index (χ0v) is 9.85. The van der Waals surface area contributed by atoms with Crippen LogP contribution in [-0.4, -0.2) is 6.54 Å². The summed E-state index contributed by atoms with van der Waals surface area (Å²) < 4.78 is 27.5. The normalized spacial score (nSPS) is 26.9. The van der Waals surface area contributed by atoms with E-state index < -0.39 is 11.6 Å². The summed E-state index contributed by atoms with van der Waals surface area (Å²) in [6.45, 7) is 6.18. The zero-order chi connectivity index (χ0) is 12.1. The second-order valence-corrected chi connectivity index (χ2v) is 5.28. The van der Waals surface area contributed by atoms with Gasteiger partial charge in [0.1, 0.15) is 11.6 Å². The molecule has 1 aromatic rings. The molecule has 2 rings (SSSR count). The monoisotopic (exact) mass is 225 g/mol. The summed E-state index contributed by atoms with van der Waals surface area (Å²) in [5.41, 5.74) is 6.36. The molecule has 0 unspecified atom stereocenters. The first-order chi connectivity index (χ1) is 7.39. The molecule has 2 atom stereocenters. The first kappa shape index (κ1) is 11.5. The van der Waals surface area contributed by atoms with Gasteiger partial charge in [0.25, 0.3) is 0 Å². The summed E-state index contributed by atoms with van der Waals surface area (Å²) in [5, 5.41) is 0. The molecule has 88 valence electrons. The standard InChI is InChI=1S/C13H17F2N/c1-7-4-9(14)11(10(15)5-7)12-8(6-16)13(12,2)3/h4-5,8,12H,6,16H2,1-3H3/t8-,12+/m1/s1. The highest BCUT2D eigenvalue weighted by Gasteiger charge is 2.58. The highest BCUT2D eigenvalue weighted by molar-refractivity contribution is 5.36. The largest absolute Gasteiger partial charge is 0.330 e. The average Bonchev–Trinajstić information content (AvgIpc) is 2.66. The number of halogens is 2. The molecule has 0 aliphatic heterocycles. The van der Waals surface area contributed by atoms with E-state index in [0.717, 1.165) is 0 Å². The quantitative estimate of drug-likeness (QED) is 0.822. The molecule has 0 aromatic heterocycles. The zero-order valence-electron chi connectivity index (χ0n) is 9.85. The second kappa shape index (κ2) is 3.52. The van der Waals surface area contributed by atoms with Crippen LogP contribution < -0.4 is 5.73 Å². The number of hydrogen-bond donors (Lipinski definition) is 1. The Labute approximate surface area is 94.7 Å². The maximum atomic E-state index is 13.8. The van der Waals surface area contributed by atoms with Gasteiger partial charge in [-0.05, 0) is 48.4 Å². The molecule has 0 saturated heterocycles. The maximum Gasteiger partial charge on any atom is 0.129 e. The molecule has 1 aromatic carbocycles. The summed E-state index contributed by atoms with van der Waals surface area (Å²) >= 11 is 0. The topological polar surface area (TPSA) is 26.0 Å². The Morgan fingerprint density at radius 3 is 2.12 bits per heavy atom. The van der Waals surface area contributed by atoms with Crippen LogP contribution in [0.15, 0.2) is 12.1 Å². The molecule has 0 bridgehead atoms. The predicted octanol–water partition coefficient (Wildman–Crippen LogP) is 2.97. The van der Waals surface area contributed by atoms with Gasteiger partial charge in [-0.25, -0.2) is 8.78 Å². The van der Waals surface area contributed by atoms with Crippen molar-refractivity contribution in [1.82, 2.24) is 0 Å². The van der Waals surface area contributed by atoms with Gasteiger partial charge in [0, 0.05) is 5.56 Å². The van der Waals surface area contributed by atoms with Crippen LogP contribution in [0.1, 0.15) is 30.9 Å². The SMILES string of the molecule is Cc1cc(F)c([C@@H]2[C@@H](CN)C2(C)C)c(F)c1. The van der Waals surface area contributed by atoms with Crippen molar-refractivity contribution in [2.24, 2.45) is 17.1 Å². The van der Waals surface area contributed by atoms with Crippen LogP contribution in [0.25, 0.3) is 0 Å². The van der Waals surface area contributed by atoms with Gasteiger partial charge in [0.05, 0.1) is 0 Å². The third-order valence-corrected chi connectivity index (χ3v) is 3.84. The molecule has 1 aliphatic carbocycles. The van der Waals surface area contributed by atoms with Gasteiger partial charge in [-0.15, -0.1) is 0 Å². The summed E-state index contributed by atoms with van der Waals surface area (Å²) in [4.78, 5) is 0. The molecular formula is C13H17F2N. The van der Waals surface area contributed by atoms with Gasteiger partial charge in [0.2, 0.25) is 0 Å². The molecule has 16 heavy (non-hydrogen) atoms. The van der Waals surface area contributed by atoms with Crippen molar-refractivity contribution in [2.45, 2.75) is 26.7 Å². The van der Waals surface area contributed by atoms with E-state index in [1.54, 1.807) is 6.92 Å². The Morgan fingerprint density at radius 2 is 1.75 bits per heavy atom. The molecular weight excluding hydrogens is 208 g/mol. The summed E-state index contributed by atoms with van der Waals surface area (Å²) in [6.07, 6.45) is 0. The lowest BCUT2D eigenvalue weighted by molar-refractivity contribution is 0.526. The number of benzene rings is 1. The lowest BCUT2D eigenvalue weighted by Gasteiger charge is -2.07. The minimum Gasteiger partial charge on any atom is -0.330 e. The Bertz CT molecular complexity index is 403. The lowest BCUT2D eigenvalue weighted by Crippen LogP contribution is -2.05. The van der Waals surface area contributed by atoms with Crippen LogP contribution in [0.2, 0.25) is 0 Å². The van der Waals surface area contributed by atoms with Gasteiger partial charge in [-0.2, -0.15) is 0 Å². The maximum absolute atomic E-state index is 13.8. The fraction of sp³-hybridized carbons (Fsp3) is 0.538. The second-order valence-electron chi connectivity index (χ2n) is 5.28. The molecule has 2 N–H and O–H groups in total. The van der Waals surface area contributed by atoms with Gasteiger partial charge >= 0.3 is 0 Å². The van der Waals surface area contributed by atoms with Crippen molar-refractivity contribution in [3.63, 3.8) is 0 Å². The molecule has 3 heteroatoms. The number of rotatable bonds is 2. The van der Waals surface area contributed by atoms with Crippen molar-refractivity contribution in [1.29, 1.82) is 0 Å². The van der Waals surface area contributed by atoms with Crippen molar-refractivity contribution < 1.29 is 8.78 Å². The third-order valence-electron chi connectivity index (χ3n) is 3.84. The number of nitrogens with two attached hydrogens (primary N) is 1. The molecule has 1 saturated carbocycles. The van der Waals surface area contributed by atoms with Crippen LogP contribution in [0, 0.1) is 29.9 Å². The fourth-order valence-electron chi connectivity index (χ4n) is 2.77. The lowest BCUT2D eigenvalue weighted by atomic mass is 10.0. The van der Waals surface area contributed by atoms with E-state index in [-0.39, 0.29) is 22.8 Å². The Hall–Kier alpha value is -0.960. The van der Waals surface area contributed by atoms with Gasteiger partial charge in [-0.1, -0.05) is 13.8 Å². The first-order valence-corrected chi connectivity index (χ1v) is 5.55. The summed E-state index contributed by atoms with van der Waals surface area (Å²) in [6, 6.07) is 2.78. The van der Waals surface area contributed by atoms with E-state index in [2.05, 4.69) is 0 Å². The minimum absolute atomic E-state index is 0.0851. The van der Waals surface area contributed by atoms with Crippen LogP contribution in [0.5, 0.6) is 0 Å². The highest BCUT2D eigenvalue weighted by Crippen LogP contribution is 2.64. The molecule has 1 fully saturated rings. The highest BCUT2D eigenvalue weighted by atomic mass is 19.1. The van der Waals surface area contributed by atoms with Gasteiger partial charge in [-0.3, -0.25) is 0 Å². The summed E-state index contributed by atoms with van der Waals surface area (Å²) in [7, 11) is 0. The fourth-order valence-corrected chi connectivity index (χ4v) is 2.77. The molecule has 0 radical (unpaired) electrons. The van der Waals surface area contributed by atoms with Crippen molar-refractivity contribution in [3.8, 4) is 0 Å². The average molecular weight is 225 g/mol. The van der Waals surface area contributed by atoms with Gasteiger partial charge < -0.3 is 5.73 Å². The van der Waals surface area contributed by atoms with Crippen LogP contribution in [0.4, 0.5) is 8.78 Å². The number of hydrogen-bond acceptors (Lipinski definition) is 1. The molecule has 0 heterocycles. The smallest absolute Gasteiger partial charge is 0.129 e. The molecule has 1 aliphatic rings. The molecule has 0 amide bonds. The van der Waals surface area contributed by atoms with Crippen molar-refractivity contribution in [2.75, 3.05) is 6.54 Å². The van der Waals surface area contributed by atoms with E-state index in [4.69, 9.17) is 5.73 Å². The van der Waals surface area contributed by atoms with E-state index in [1.807, 2.05) is 13.8 Å². The Balaban J connectivity index is 2.44. The Kier molecular flexibility index (Phi) is 2.54. The van der Waals surface area contributed by atoms with Crippen LogP contribution in [0.3, 0.4) is 0 Å². The van der Waals surface area contributed by atoms with Crippen molar-refractivity contribution >= 4 is 0 Å². The van der Waals surface area contributed by atoms with E-state index in [9.17, 15) is 8.78 Å². The Morgan fingerprint density at radius 1 is 1.25 bits per heavy atom. The molecule has 1 nitrogen and oxygen atoms in total. The van der Waals surface area contributed by atoms with Gasteiger partial charge in [0.15, 0.2) is 0 Å². The molecule has 0 spiro atoms. The minimum atomic E-state index is -0.438. The van der Waals surface area contributed by atoms with Crippen molar-refractivity contribution in [3.05, 3.63) is 34.9 Å². The van der Waals surface area contributed by atoms with E-state index in [0.29, 0.717) is 12.1 Å². The summed E-state index contributed by atoms with van der Waals surface area (Å²) in [5.74, 6) is -0.782.